The van der Waals surface area contributed by atoms with Crippen LogP contribution in [0.5, 0.6) is 0 Å². The highest BCUT2D eigenvalue weighted by Crippen LogP contribution is 2.25. The maximum atomic E-state index is 10.5. The molecule has 2 N–H and O–H groups in total. The summed E-state index contributed by atoms with van der Waals surface area (Å²) in [5.74, 6) is -0.0662. The van der Waals surface area contributed by atoms with Gasteiger partial charge in [-0.05, 0) is 64.9 Å². The van der Waals surface area contributed by atoms with E-state index in [2.05, 4.69) is 45.6 Å². The fourth-order valence-electron chi connectivity index (χ4n) is 2.89. The van der Waals surface area contributed by atoms with Crippen LogP contribution in [0.15, 0.2) is 47.1 Å². The van der Waals surface area contributed by atoms with Crippen molar-refractivity contribution in [2.45, 2.75) is 65.4 Å². The molecule has 0 heterocycles. The minimum atomic E-state index is -0.473. The van der Waals surface area contributed by atoms with Crippen molar-refractivity contribution >= 4 is 0 Å². The summed E-state index contributed by atoms with van der Waals surface area (Å²) >= 11 is 0. The van der Waals surface area contributed by atoms with Crippen LogP contribution in [0.25, 0.3) is 0 Å². The first kappa shape index (κ1) is 18.9. The van der Waals surface area contributed by atoms with Gasteiger partial charge in [-0.2, -0.15) is 0 Å². The molecule has 0 aromatic heterocycles. The molecule has 0 saturated heterocycles. The first-order valence-corrected chi connectivity index (χ1v) is 8.37. The van der Waals surface area contributed by atoms with Crippen LogP contribution in [0.3, 0.4) is 0 Å². The first-order chi connectivity index (χ1) is 10.4. The molecule has 0 aliphatic heterocycles. The number of aliphatic hydroxyl groups is 2. The lowest BCUT2D eigenvalue weighted by Gasteiger charge is -2.24. The van der Waals surface area contributed by atoms with Gasteiger partial charge in [0.1, 0.15) is 0 Å². The lowest BCUT2D eigenvalue weighted by molar-refractivity contribution is 0.119. The summed E-state index contributed by atoms with van der Waals surface area (Å²) in [6.07, 6.45) is 11.9. The molecule has 124 valence electrons. The van der Waals surface area contributed by atoms with Crippen molar-refractivity contribution in [2.75, 3.05) is 6.61 Å². The van der Waals surface area contributed by atoms with Gasteiger partial charge in [0.2, 0.25) is 0 Å². The molecule has 22 heavy (non-hydrogen) atoms. The van der Waals surface area contributed by atoms with E-state index in [1.807, 2.05) is 0 Å². The number of rotatable bonds is 2. The molecule has 0 saturated carbocycles. The molecule has 2 atom stereocenters. The van der Waals surface area contributed by atoms with E-state index < -0.39 is 6.10 Å². The van der Waals surface area contributed by atoms with Gasteiger partial charge >= 0.3 is 0 Å². The van der Waals surface area contributed by atoms with Crippen LogP contribution in [0.4, 0.5) is 0 Å². The lowest BCUT2D eigenvalue weighted by Crippen LogP contribution is -2.23. The van der Waals surface area contributed by atoms with E-state index in [1.165, 1.54) is 16.7 Å². The lowest BCUT2D eigenvalue weighted by atomic mass is 9.86. The first-order valence-electron chi connectivity index (χ1n) is 8.37. The third-order valence-electron chi connectivity index (χ3n) is 4.51. The topological polar surface area (TPSA) is 40.5 Å². The van der Waals surface area contributed by atoms with Gasteiger partial charge in [-0.1, -0.05) is 41.5 Å². The van der Waals surface area contributed by atoms with Gasteiger partial charge in [0.25, 0.3) is 0 Å². The van der Waals surface area contributed by atoms with Crippen LogP contribution >= 0.6 is 0 Å². The zero-order chi connectivity index (χ0) is 16.5. The smallest absolute Gasteiger partial charge is 0.0646 e. The van der Waals surface area contributed by atoms with Gasteiger partial charge < -0.3 is 10.2 Å². The summed E-state index contributed by atoms with van der Waals surface area (Å²) in [5.41, 5.74) is 4.73. The highest BCUT2D eigenvalue weighted by Gasteiger charge is 2.21. The predicted octanol–water partition coefficient (Wildman–Crippen LogP) is 4.71. The van der Waals surface area contributed by atoms with Gasteiger partial charge in [0, 0.05) is 5.92 Å². The van der Waals surface area contributed by atoms with Crippen molar-refractivity contribution in [3.8, 4) is 0 Å². The van der Waals surface area contributed by atoms with E-state index in [4.69, 9.17) is 0 Å². The van der Waals surface area contributed by atoms with Crippen molar-refractivity contribution in [1.82, 2.24) is 0 Å². The van der Waals surface area contributed by atoms with Crippen LogP contribution < -0.4 is 0 Å². The standard InChI is InChI=1S/C20H32O2/c1-15-7-5-9-16(2)11-12-19(18(4)14-21)20(22)13-17(3)10-6-8-15/h7,10-11,19-22H,4-6,8-9,12-14H2,1-3H3/b15-7+,16-11+,17-10+/t19-,20?/m1/s1. The Hall–Kier alpha value is -1.12. The molecule has 0 amide bonds. The van der Waals surface area contributed by atoms with Crippen LogP contribution in [0, 0.1) is 5.92 Å². The summed E-state index contributed by atoms with van der Waals surface area (Å²) in [7, 11) is 0. The second kappa shape index (κ2) is 9.81. The quantitative estimate of drug-likeness (QED) is 0.726. The number of hydrogen-bond donors (Lipinski definition) is 2. The Morgan fingerprint density at radius 2 is 1.59 bits per heavy atom. The zero-order valence-corrected chi connectivity index (χ0v) is 14.4. The Morgan fingerprint density at radius 1 is 1.05 bits per heavy atom. The molecule has 0 fully saturated rings. The third-order valence-corrected chi connectivity index (χ3v) is 4.51. The van der Waals surface area contributed by atoms with Crippen molar-refractivity contribution in [2.24, 2.45) is 5.92 Å². The van der Waals surface area contributed by atoms with E-state index in [9.17, 15) is 10.2 Å². The molecule has 0 radical (unpaired) electrons. The van der Waals surface area contributed by atoms with E-state index >= 15 is 0 Å². The fourth-order valence-corrected chi connectivity index (χ4v) is 2.89. The molecule has 0 bridgehead atoms. The minimum Gasteiger partial charge on any atom is -0.392 e. The molecule has 2 heteroatoms. The Bertz CT molecular complexity index is 454. The average Bonchev–Trinajstić information content (AvgIpc) is 2.46. The Morgan fingerprint density at radius 3 is 2.18 bits per heavy atom. The van der Waals surface area contributed by atoms with Crippen molar-refractivity contribution < 1.29 is 10.2 Å². The average molecular weight is 304 g/mol. The maximum absolute atomic E-state index is 10.5. The summed E-state index contributed by atoms with van der Waals surface area (Å²) in [6, 6.07) is 0. The van der Waals surface area contributed by atoms with Crippen molar-refractivity contribution in [3.63, 3.8) is 0 Å². The van der Waals surface area contributed by atoms with Crippen LogP contribution in [0.2, 0.25) is 0 Å². The Balaban J connectivity index is 2.93. The van der Waals surface area contributed by atoms with Gasteiger partial charge in [-0.15, -0.1) is 0 Å². The molecule has 0 aromatic carbocycles. The minimum absolute atomic E-state index is 0.0562. The summed E-state index contributed by atoms with van der Waals surface area (Å²) in [4.78, 5) is 0. The number of aliphatic hydroxyl groups excluding tert-OH is 2. The molecule has 1 aliphatic rings. The van der Waals surface area contributed by atoms with Gasteiger partial charge in [0.15, 0.2) is 0 Å². The monoisotopic (exact) mass is 304 g/mol. The van der Waals surface area contributed by atoms with E-state index in [0.29, 0.717) is 6.42 Å². The molecule has 1 aliphatic carbocycles. The molecular weight excluding hydrogens is 272 g/mol. The molecular formula is C20H32O2. The number of hydrogen-bond acceptors (Lipinski definition) is 2. The van der Waals surface area contributed by atoms with Crippen LogP contribution in [-0.2, 0) is 0 Å². The molecule has 0 spiro atoms. The zero-order valence-electron chi connectivity index (χ0n) is 14.4. The van der Waals surface area contributed by atoms with Crippen molar-refractivity contribution in [3.05, 3.63) is 47.1 Å². The van der Waals surface area contributed by atoms with Crippen LogP contribution in [-0.4, -0.2) is 22.9 Å². The van der Waals surface area contributed by atoms with Crippen molar-refractivity contribution in [1.29, 1.82) is 0 Å². The second-order valence-electron chi connectivity index (χ2n) is 6.66. The molecule has 0 aromatic rings. The summed E-state index contributed by atoms with van der Waals surface area (Å²) in [5, 5.41) is 19.9. The summed E-state index contributed by atoms with van der Waals surface area (Å²) in [6.45, 7) is 10.3. The maximum Gasteiger partial charge on any atom is 0.0646 e. The molecule has 2 nitrogen and oxygen atoms in total. The second-order valence-corrected chi connectivity index (χ2v) is 6.66. The van der Waals surface area contributed by atoms with Gasteiger partial charge in [-0.3, -0.25) is 0 Å². The Labute approximate surface area is 135 Å². The number of allylic oxidation sites excluding steroid dienone is 5. The van der Waals surface area contributed by atoms with Crippen LogP contribution in [0.1, 0.15) is 59.3 Å². The molecule has 1 unspecified atom stereocenters. The normalized spacial score (nSPS) is 32.7. The van der Waals surface area contributed by atoms with E-state index in [0.717, 1.165) is 37.7 Å². The van der Waals surface area contributed by atoms with Gasteiger partial charge in [-0.25, -0.2) is 0 Å². The molecule has 1 rings (SSSR count). The highest BCUT2D eigenvalue weighted by molar-refractivity contribution is 5.13. The Kier molecular flexibility index (Phi) is 8.44. The largest absolute Gasteiger partial charge is 0.392 e. The SMILES string of the molecule is C=C(CO)[C@H]1C/C=C(\C)CC/C=C(\C)CC/C=C(\C)CC1O. The highest BCUT2D eigenvalue weighted by atomic mass is 16.3. The predicted molar refractivity (Wildman–Crippen MR) is 94.7 cm³/mol. The third kappa shape index (κ3) is 6.76. The van der Waals surface area contributed by atoms with Gasteiger partial charge in [0.05, 0.1) is 12.7 Å². The fraction of sp³-hybridized carbons (Fsp3) is 0.600. The van der Waals surface area contributed by atoms with E-state index in [1.54, 1.807) is 0 Å². The van der Waals surface area contributed by atoms with E-state index in [-0.39, 0.29) is 12.5 Å². The summed E-state index contributed by atoms with van der Waals surface area (Å²) < 4.78 is 0.